The number of alkyl halides is 6. The number of amides is 3. The number of aromatic amines is 5. The molecule has 0 aromatic carbocycles. The fourth-order valence-corrected chi connectivity index (χ4v) is 20.0. The minimum absolute atomic E-state index is 0.0231. The molecule has 5 aromatic heterocycles. The second kappa shape index (κ2) is 49.6. The average molecular weight is 2130 g/mol. The van der Waals surface area contributed by atoms with E-state index in [4.69, 9.17) is 52.9 Å². The minimum Gasteiger partial charge on any atom is -0.459 e. The molecule has 3 amide bonds. The maximum Gasteiger partial charge on any atom is 0.471 e. The molecule has 5 fully saturated rings. The molecule has 10 heterocycles. The highest BCUT2D eigenvalue weighted by atomic mass is 32.1. The summed E-state index contributed by atoms with van der Waals surface area (Å²) < 4.78 is 117. The van der Waals surface area contributed by atoms with Gasteiger partial charge in [0.1, 0.15) is 73.2 Å². The normalized spacial score (nSPS) is 25.5. The van der Waals surface area contributed by atoms with Crippen LogP contribution >= 0.6 is 58.9 Å². The third kappa shape index (κ3) is 35.2. The Balaban J connectivity index is 0.000000271. The van der Waals surface area contributed by atoms with E-state index in [0.29, 0.717) is 62.0 Å². The van der Waals surface area contributed by atoms with E-state index in [9.17, 15) is 135 Å². The highest BCUT2D eigenvalue weighted by Crippen LogP contribution is 2.45. The van der Waals surface area contributed by atoms with Gasteiger partial charge in [0.25, 0.3) is 27.8 Å². The van der Waals surface area contributed by atoms with E-state index in [-0.39, 0.29) is 55.0 Å². The van der Waals surface area contributed by atoms with E-state index in [1.807, 2.05) is 43.6 Å². The number of nitrogens with zero attached hydrogens (tertiary/aromatic N) is 7. The van der Waals surface area contributed by atoms with Crippen LogP contribution in [0.4, 0.5) is 26.3 Å². The quantitative estimate of drug-likeness (QED) is 0.0126. The summed E-state index contributed by atoms with van der Waals surface area (Å²) in [7, 11) is 2.54. The van der Waals surface area contributed by atoms with Crippen molar-refractivity contribution in [1.82, 2.24) is 68.2 Å². The zero-order valence-corrected chi connectivity index (χ0v) is 87.2. The van der Waals surface area contributed by atoms with Gasteiger partial charge in [-0.15, -0.1) is 65.9 Å². The summed E-state index contributed by atoms with van der Waals surface area (Å²) in [6.07, 6.45) is 1.73. The number of carbonyl (C=O) groups excluding carboxylic acids is 4. The monoisotopic (exact) mass is 2130 g/mol. The first-order valence-electron chi connectivity index (χ1n) is 44.0. The van der Waals surface area contributed by atoms with Crippen molar-refractivity contribution in [3.63, 3.8) is 0 Å². The number of carbonyl (C=O) groups is 4. The number of H-pyrrole nitrogens is 5. The van der Waals surface area contributed by atoms with Crippen molar-refractivity contribution in [2.75, 3.05) is 118 Å². The van der Waals surface area contributed by atoms with Gasteiger partial charge < -0.3 is 99.9 Å². The van der Waals surface area contributed by atoms with Crippen molar-refractivity contribution in [1.29, 1.82) is 0 Å². The molecule has 5 unspecified atom stereocenters. The molecule has 5 aromatic rings. The maximum absolute atomic E-state index is 13.2. The van der Waals surface area contributed by atoms with Gasteiger partial charge in [0.05, 0.1) is 60.3 Å². The number of nitrogens with one attached hydrogen (secondary N) is 7. The third-order valence-corrected chi connectivity index (χ3v) is 30.2. The zero-order valence-electron chi connectivity index (χ0n) is 81.1. The molecule has 0 aliphatic carbocycles. The number of aliphatic hydroxyl groups is 10. The van der Waals surface area contributed by atoms with E-state index in [0.717, 1.165) is 51.6 Å². The molecule has 0 radical (unpaired) electrons. The van der Waals surface area contributed by atoms with Crippen LogP contribution in [0.2, 0.25) is 0 Å². The summed E-state index contributed by atoms with van der Waals surface area (Å²) in [4.78, 5) is 155. The van der Waals surface area contributed by atoms with E-state index in [2.05, 4.69) is 97.1 Å². The van der Waals surface area contributed by atoms with Gasteiger partial charge >= 0.3 is 47.2 Å². The van der Waals surface area contributed by atoms with Crippen LogP contribution in [-0.4, -0.2) is 391 Å². The largest absolute Gasteiger partial charge is 0.471 e. The van der Waals surface area contributed by atoms with Crippen LogP contribution in [0.3, 0.4) is 0 Å². The number of hydrogen-bond donors (Lipinski definition) is 17. The average Bonchev–Trinajstić information content (AvgIpc) is 1.46. The van der Waals surface area contributed by atoms with Gasteiger partial charge in [-0.05, 0) is 188 Å². The van der Waals surface area contributed by atoms with Crippen molar-refractivity contribution in [3.8, 4) is 0 Å². The predicted octanol–water partition coefficient (Wildman–Crippen LogP) is 0.685. The van der Waals surface area contributed by atoms with Crippen LogP contribution in [0.15, 0.2) is 69.3 Å². The number of hydrogen-bond acceptors (Lipinski definition) is 31. The summed E-state index contributed by atoms with van der Waals surface area (Å²) >= 11 is 10.3. The standard InChI is InChI=1S/C22H33F3N3O8P.C17H25F3N3O6P.C16H26N3O5PS.C15H26N3O5P.C15H25N2O4PS/c1-21(2,3)36-14(29)11-27(19(33)22(23,24)25)9-12-10-28(20(34)26-17(12)32)18-16(31)15(30)13(35-18)7-8-37(4,5)6;1-22(15(27)17(18,19)20)7-9-8-23(16(28)21-13(9)26)14-12(25)11(24)10(29-14)5-6-30(2,3)4;1-9(20)17-7-10-8-19(16(26)18-14(10)23)15-13(22)12(21)11(24-15)5-6-25(2,3)4;1-16-7-9-8-18(15(22)17-13(9)21)14-12(20)11(19)10(23-14)5-6-24(2,3)4;1-5-9-8-17(15(23)16-13(9)20)14-12(19)11(18)10(21-14)6-7-22(2,3)4/h10,13,15-16,18,30-31H,4,7-9,11H2,1-3,5-6H3,(H,26,32,34);8,10-12,14,24-25H,2,5-7H2,1,3-4H3,(H,21,26,28);8,11-13,15,21-22H,2,5-7H2,1,3-4H3,(H,17,20)(H,18,23,26);8,10-12,14,16,19-20H,2,5-7H2,1,3-4H3,(H,17,21,22);8,10-12,14,18-19H,2,5-7H2,1,3-4H3,(H,16,20,23)/t13-,15-,16-,18?;10-,11-,12-,14?;11-,12-,13-,15?;2*10-,11-,12-,14?/m11111/s1. The molecule has 10 rings (SSSR count). The third-order valence-electron chi connectivity index (χ3n) is 22.3. The molecule has 55 heteroatoms. The molecule has 0 bridgehead atoms. The first-order chi connectivity index (χ1) is 64.1. The Morgan fingerprint density at radius 3 is 0.957 bits per heavy atom. The highest BCUT2D eigenvalue weighted by molar-refractivity contribution is 7.73. The van der Waals surface area contributed by atoms with E-state index in [1.165, 1.54) is 49.2 Å². The number of rotatable bonds is 31. The lowest BCUT2D eigenvalue weighted by Gasteiger charge is -2.26. The molecule has 5 aliphatic heterocycles. The Bertz CT molecular complexity index is 6090. The van der Waals surface area contributed by atoms with Gasteiger partial charge in [-0.2, -0.15) is 26.3 Å². The molecular formula is C85H135F6N14O28P5S2. The SMILES string of the molecule is C=P(C)(C)CC[C@H]1OC(n2cc(CC)c(=O)[nH]c2=S)[C@H](O)[C@@H]1O.C=P(C)(C)CC[C@H]1OC(n2cc(CN(C)C(=O)C(F)(F)F)c(=O)[nH]c2=O)[C@H](O)[C@@H]1O.C=P(C)(C)CC[C@H]1OC(n2cc(CN(CC(=O)OC(C)(C)C)C(=O)C(F)(F)F)c(=O)[nH]c2=O)[C@H](O)[C@@H]1O.C=P(C)(C)CC[C@H]1OC(n2cc(CNC(C)=O)c(=O)[nH]c2=S)[C@H](O)[C@@H]1O.C=P(C)(C)CC[C@H]1OC(n2cc(CNC)c(=O)[nH]c2=O)[C@H](O)[C@@H]1O. The molecule has 140 heavy (non-hydrogen) atoms. The van der Waals surface area contributed by atoms with Crippen LogP contribution in [0.25, 0.3) is 0 Å². The first-order valence-corrected chi connectivity index (χ1v) is 60.1. The molecule has 20 atom stereocenters. The van der Waals surface area contributed by atoms with Crippen LogP contribution in [0.1, 0.15) is 126 Å². The summed E-state index contributed by atoms with van der Waals surface area (Å²) in [6, 6.07) is 0. The van der Waals surface area contributed by atoms with Gasteiger partial charge in [0.2, 0.25) is 5.91 Å². The Labute approximate surface area is 812 Å². The molecule has 0 spiro atoms. The number of halogens is 6. The Morgan fingerprint density at radius 1 is 0.421 bits per heavy atom. The second-order valence-corrected chi connectivity index (χ2v) is 61.6. The van der Waals surface area contributed by atoms with Crippen molar-refractivity contribution < 1.29 is 125 Å². The van der Waals surface area contributed by atoms with E-state index < -0.39 is 257 Å². The summed E-state index contributed by atoms with van der Waals surface area (Å²) in [5.74, 6) is -5.98. The fourth-order valence-electron chi connectivity index (χ4n) is 14.7. The summed E-state index contributed by atoms with van der Waals surface area (Å²) in [6.45, 7) is 18.8. The smallest absolute Gasteiger partial charge is 0.459 e. The number of ether oxygens (including phenoxy) is 6. The van der Waals surface area contributed by atoms with Crippen molar-refractivity contribution in [3.05, 3.63) is 152 Å². The van der Waals surface area contributed by atoms with Crippen LogP contribution in [-0.2, 0) is 80.2 Å². The van der Waals surface area contributed by atoms with Gasteiger partial charge in [-0.3, -0.25) is 90.9 Å². The molecular weight excluding hydrogens is 2000 g/mol. The van der Waals surface area contributed by atoms with Crippen LogP contribution in [0, 0.1) is 9.54 Å². The number of aryl methyl sites for hydroxylation is 1. The predicted molar refractivity (Wildman–Crippen MR) is 532 cm³/mol. The number of aromatic nitrogens is 10. The van der Waals surface area contributed by atoms with Gasteiger partial charge in [0.15, 0.2) is 40.7 Å². The second-order valence-electron chi connectivity index (χ2n) is 39.3. The minimum atomic E-state index is -5.37. The lowest BCUT2D eigenvalue weighted by Crippen LogP contribution is -2.46. The number of esters is 1. The van der Waals surface area contributed by atoms with Gasteiger partial charge in [-0.1, -0.05) is 6.92 Å². The zero-order chi connectivity index (χ0) is 107. The van der Waals surface area contributed by atoms with E-state index in [1.54, 1.807) is 13.2 Å². The van der Waals surface area contributed by atoms with Crippen molar-refractivity contribution in [2.24, 2.45) is 0 Å². The Kier molecular flexibility index (Phi) is 43.0. The lowest BCUT2D eigenvalue weighted by atomic mass is 10.1. The fraction of sp³-hybridized carbons (Fsp3) is 0.659. The molecule has 17 N–H and O–H groups in total. The van der Waals surface area contributed by atoms with Crippen LogP contribution in [0.5, 0.6) is 0 Å². The summed E-state index contributed by atoms with van der Waals surface area (Å²) in [5.41, 5.74) is -6.66. The topological polar surface area (TPSA) is 597 Å². The number of aliphatic hydroxyl groups excluding tert-OH is 10. The van der Waals surface area contributed by atoms with Crippen LogP contribution < -0.4 is 55.5 Å². The highest BCUT2D eigenvalue weighted by Gasteiger charge is 2.51. The molecule has 0 saturated carbocycles. The molecule has 42 nitrogen and oxygen atoms in total. The molecule has 5 aliphatic rings. The lowest BCUT2D eigenvalue weighted by molar-refractivity contribution is -0.188. The van der Waals surface area contributed by atoms with Crippen molar-refractivity contribution >= 4 is 114 Å². The van der Waals surface area contributed by atoms with Gasteiger partial charge in [-0.25, -0.2) is 14.4 Å². The van der Waals surface area contributed by atoms with Gasteiger partial charge in [0, 0.05) is 69.2 Å². The first kappa shape index (κ1) is 121. The Hall–Kier alpha value is -7.44. The Morgan fingerprint density at radius 2 is 0.679 bits per heavy atom. The van der Waals surface area contributed by atoms with Crippen molar-refractivity contribution in [2.45, 2.75) is 240 Å². The molecule has 5 saturated heterocycles. The maximum atomic E-state index is 13.2. The molecule has 792 valence electrons. The summed E-state index contributed by atoms with van der Waals surface area (Å²) in [5, 5.41) is 109. The van der Waals surface area contributed by atoms with E-state index >= 15 is 0 Å².